The number of nitrogen functional groups attached to an aromatic ring is 1. The van der Waals surface area contributed by atoms with Crippen LogP contribution in [0.3, 0.4) is 0 Å². The van der Waals surface area contributed by atoms with Crippen LogP contribution in [-0.2, 0) is 9.59 Å². The molecule has 0 heterocycles. The molecule has 0 saturated heterocycles. The first-order valence-corrected chi connectivity index (χ1v) is 8.69. The second-order valence-electron chi connectivity index (χ2n) is 5.92. The van der Waals surface area contributed by atoms with Gasteiger partial charge in [-0.05, 0) is 29.3 Å². The van der Waals surface area contributed by atoms with E-state index >= 15 is 0 Å². The number of halogens is 1. The highest BCUT2D eigenvalue weighted by Crippen LogP contribution is 2.24. The number of carbonyl (C=O) groups excluding carboxylic acids is 2. The highest BCUT2D eigenvalue weighted by atomic mass is 35.5. The summed E-state index contributed by atoms with van der Waals surface area (Å²) in [6, 6.07) is 23.1. The molecular formula is C21H18ClN3O2. The molecular weight excluding hydrogens is 362 g/mol. The minimum atomic E-state index is -0.807. The van der Waals surface area contributed by atoms with Crippen LogP contribution in [-0.4, -0.2) is 11.8 Å². The van der Waals surface area contributed by atoms with Gasteiger partial charge in [0, 0.05) is 5.69 Å². The zero-order valence-corrected chi connectivity index (χ0v) is 15.1. The quantitative estimate of drug-likeness (QED) is 0.476. The summed E-state index contributed by atoms with van der Waals surface area (Å²) in [5, 5.41) is 5.55. The minimum Gasteiger partial charge on any atom is -0.399 e. The maximum absolute atomic E-state index is 12.5. The lowest BCUT2D eigenvalue weighted by Crippen LogP contribution is -2.38. The van der Waals surface area contributed by atoms with Gasteiger partial charge in [0.15, 0.2) is 0 Å². The highest BCUT2D eigenvalue weighted by Gasteiger charge is 2.22. The van der Waals surface area contributed by atoms with Gasteiger partial charge in [-0.1, -0.05) is 72.3 Å². The lowest BCUT2D eigenvalue weighted by molar-refractivity contribution is -0.136. The fraction of sp³-hybridized carbons (Fsp3) is 0.0476. The van der Waals surface area contributed by atoms with Crippen LogP contribution in [0.4, 0.5) is 11.4 Å². The van der Waals surface area contributed by atoms with Gasteiger partial charge >= 0.3 is 11.8 Å². The topological polar surface area (TPSA) is 84.2 Å². The zero-order valence-electron chi connectivity index (χ0n) is 14.4. The standard InChI is InChI=1S/C21H18ClN3O2/c22-17-13-16(23)11-12-18(17)24-20(26)21(27)25-19(14-7-3-1-4-8-14)15-9-5-2-6-10-15/h1-13,19H,23H2,(H,24,26)(H,25,27). The predicted molar refractivity (Wildman–Crippen MR) is 107 cm³/mol. The van der Waals surface area contributed by atoms with Crippen molar-refractivity contribution in [2.45, 2.75) is 6.04 Å². The van der Waals surface area contributed by atoms with E-state index in [0.29, 0.717) is 11.4 Å². The molecule has 4 N–H and O–H groups in total. The molecule has 0 aliphatic heterocycles. The summed E-state index contributed by atoms with van der Waals surface area (Å²) in [7, 11) is 0. The number of nitrogens with two attached hydrogens (primary N) is 1. The Labute approximate surface area is 162 Å². The monoisotopic (exact) mass is 379 g/mol. The second-order valence-corrected chi connectivity index (χ2v) is 6.33. The number of hydrogen-bond acceptors (Lipinski definition) is 3. The molecule has 3 aromatic carbocycles. The van der Waals surface area contributed by atoms with E-state index in [-0.39, 0.29) is 5.02 Å². The number of carbonyl (C=O) groups is 2. The van der Waals surface area contributed by atoms with Crippen molar-refractivity contribution in [1.82, 2.24) is 5.32 Å². The first-order chi connectivity index (χ1) is 13.0. The third-order valence-corrected chi connectivity index (χ3v) is 4.30. The van der Waals surface area contributed by atoms with Crippen LogP contribution >= 0.6 is 11.6 Å². The molecule has 2 amide bonds. The van der Waals surface area contributed by atoms with Gasteiger partial charge in [0.1, 0.15) is 0 Å². The molecule has 0 radical (unpaired) electrons. The van der Waals surface area contributed by atoms with E-state index in [1.165, 1.54) is 6.07 Å². The van der Waals surface area contributed by atoms with E-state index in [9.17, 15) is 9.59 Å². The maximum Gasteiger partial charge on any atom is 0.313 e. The Hall–Kier alpha value is -3.31. The Morgan fingerprint density at radius 1 is 0.815 bits per heavy atom. The van der Waals surface area contributed by atoms with Gasteiger partial charge in [-0.25, -0.2) is 0 Å². The molecule has 5 nitrogen and oxygen atoms in total. The average Bonchev–Trinajstić information content (AvgIpc) is 2.69. The lowest BCUT2D eigenvalue weighted by Gasteiger charge is -2.19. The molecule has 0 bridgehead atoms. The summed E-state index contributed by atoms with van der Waals surface area (Å²) >= 11 is 6.05. The largest absolute Gasteiger partial charge is 0.399 e. The zero-order chi connectivity index (χ0) is 19.2. The van der Waals surface area contributed by atoms with E-state index < -0.39 is 17.9 Å². The van der Waals surface area contributed by atoms with E-state index in [4.69, 9.17) is 17.3 Å². The fourth-order valence-corrected chi connectivity index (χ4v) is 2.89. The predicted octanol–water partition coefficient (Wildman–Crippen LogP) is 3.77. The van der Waals surface area contributed by atoms with Gasteiger partial charge in [-0.3, -0.25) is 9.59 Å². The molecule has 3 aromatic rings. The molecule has 0 atom stereocenters. The maximum atomic E-state index is 12.5. The average molecular weight is 380 g/mol. The van der Waals surface area contributed by atoms with Crippen molar-refractivity contribution in [1.29, 1.82) is 0 Å². The van der Waals surface area contributed by atoms with Crippen molar-refractivity contribution in [3.05, 3.63) is 95.0 Å². The molecule has 0 aliphatic carbocycles. The SMILES string of the molecule is Nc1ccc(NC(=O)C(=O)NC(c2ccccc2)c2ccccc2)c(Cl)c1. The van der Waals surface area contributed by atoms with Gasteiger partial charge in [-0.2, -0.15) is 0 Å². The van der Waals surface area contributed by atoms with Gasteiger partial charge in [0.05, 0.1) is 16.8 Å². The molecule has 0 aromatic heterocycles. The summed E-state index contributed by atoms with van der Waals surface area (Å²) in [6.07, 6.45) is 0. The van der Waals surface area contributed by atoms with E-state index in [1.807, 2.05) is 60.7 Å². The van der Waals surface area contributed by atoms with Crippen molar-refractivity contribution in [3.8, 4) is 0 Å². The van der Waals surface area contributed by atoms with E-state index in [1.54, 1.807) is 12.1 Å². The molecule has 0 unspecified atom stereocenters. The van der Waals surface area contributed by atoms with Gasteiger partial charge in [0.2, 0.25) is 0 Å². The molecule has 136 valence electrons. The fourth-order valence-electron chi connectivity index (χ4n) is 2.66. The van der Waals surface area contributed by atoms with Crippen LogP contribution in [0.25, 0.3) is 0 Å². The van der Waals surface area contributed by atoms with Crippen molar-refractivity contribution < 1.29 is 9.59 Å². The molecule has 0 fully saturated rings. The van der Waals surface area contributed by atoms with Crippen LogP contribution < -0.4 is 16.4 Å². The van der Waals surface area contributed by atoms with Crippen molar-refractivity contribution in [2.24, 2.45) is 0 Å². The molecule has 27 heavy (non-hydrogen) atoms. The smallest absolute Gasteiger partial charge is 0.313 e. The summed E-state index contributed by atoms with van der Waals surface area (Å²) in [4.78, 5) is 24.8. The first kappa shape index (κ1) is 18.5. The summed E-state index contributed by atoms with van der Waals surface area (Å²) in [5.41, 5.74) is 8.17. The molecule has 0 spiro atoms. The Bertz CT molecular complexity index is 907. The number of amides is 2. The van der Waals surface area contributed by atoms with E-state index in [0.717, 1.165) is 11.1 Å². The number of hydrogen-bond donors (Lipinski definition) is 3. The number of rotatable bonds is 4. The number of anilines is 2. The van der Waals surface area contributed by atoms with E-state index in [2.05, 4.69) is 10.6 Å². The Balaban J connectivity index is 1.79. The summed E-state index contributed by atoms with van der Waals surface area (Å²) < 4.78 is 0. The highest BCUT2D eigenvalue weighted by molar-refractivity contribution is 6.41. The van der Waals surface area contributed by atoms with Crippen LogP contribution in [0.15, 0.2) is 78.9 Å². The number of benzene rings is 3. The molecule has 0 aliphatic rings. The van der Waals surface area contributed by atoms with Crippen LogP contribution in [0, 0.1) is 0 Å². The normalized spacial score (nSPS) is 10.4. The second kappa shape index (κ2) is 8.38. The van der Waals surface area contributed by atoms with Crippen LogP contribution in [0.5, 0.6) is 0 Å². The molecule has 0 saturated carbocycles. The Kier molecular flexibility index (Phi) is 5.74. The van der Waals surface area contributed by atoms with Gasteiger partial charge in [0.25, 0.3) is 0 Å². The summed E-state index contributed by atoms with van der Waals surface area (Å²) in [5.74, 6) is -1.57. The number of nitrogens with one attached hydrogen (secondary N) is 2. The molecule has 3 rings (SSSR count). The Morgan fingerprint density at radius 2 is 1.37 bits per heavy atom. The van der Waals surface area contributed by atoms with Crippen molar-refractivity contribution in [2.75, 3.05) is 11.1 Å². The van der Waals surface area contributed by atoms with Gasteiger partial charge in [-0.15, -0.1) is 0 Å². The summed E-state index contributed by atoms with van der Waals surface area (Å²) in [6.45, 7) is 0. The Morgan fingerprint density at radius 3 is 1.89 bits per heavy atom. The van der Waals surface area contributed by atoms with Crippen LogP contribution in [0.2, 0.25) is 5.02 Å². The third-order valence-electron chi connectivity index (χ3n) is 3.99. The van der Waals surface area contributed by atoms with Crippen molar-refractivity contribution in [3.63, 3.8) is 0 Å². The minimum absolute atomic E-state index is 0.263. The van der Waals surface area contributed by atoms with Gasteiger partial charge < -0.3 is 16.4 Å². The molecule has 6 heteroatoms. The van der Waals surface area contributed by atoms with Crippen molar-refractivity contribution >= 4 is 34.8 Å². The lowest BCUT2D eigenvalue weighted by atomic mass is 9.99. The third kappa shape index (κ3) is 4.65. The first-order valence-electron chi connectivity index (χ1n) is 8.31. The van der Waals surface area contributed by atoms with Crippen LogP contribution in [0.1, 0.15) is 17.2 Å².